The van der Waals surface area contributed by atoms with Crippen molar-refractivity contribution < 1.29 is 4.79 Å². The maximum absolute atomic E-state index is 12.4. The topological polar surface area (TPSA) is 41.1 Å². The molecule has 0 aliphatic rings. The number of hydrogen-bond donors (Lipinski definition) is 2. The summed E-state index contributed by atoms with van der Waals surface area (Å²) in [7, 11) is 0. The van der Waals surface area contributed by atoms with Gasteiger partial charge in [-0.1, -0.05) is 18.1 Å². The van der Waals surface area contributed by atoms with Crippen LogP contribution in [0.1, 0.15) is 43.6 Å². The first kappa shape index (κ1) is 15.1. The van der Waals surface area contributed by atoms with E-state index in [9.17, 15) is 4.79 Å². The Morgan fingerprint density at radius 1 is 1.37 bits per heavy atom. The van der Waals surface area contributed by atoms with E-state index < -0.39 is 5.54 Å². The lowest BCUT2D eigenvalue weighted by molar-refractivity contribution is 0.0930. The molecule has 0 aromatic heterocycles. The summed E-state index contributed by atoms with van der Waals surface area (Å²) < 4.78 is 0. The zero-order chi connectivity index (χ0) is 14.6. The van der Waals surface area contributed by atoms with Gasteiger partial charge in [0.05, 0.1) is 11.1 Å². The number of anilines is 1. The molecule has 102 valence electrons. The Balaban J connectivity index is 3.12. The molecule has 3 nitrogen and oxygen atoms in total. The van der Waals surface area contributed by atoms with E-state index >= 15 is 0 Å². The van der Waals surface area contributed by atoms with E-state index in [1.165, 1.54) is 0 Å². The van der Waals surface area contributed by atoms with Gasteiger partial charge < -0.3 is 10.6 Å². The van der Waals surface area contributed by atoms with Crippen LogP contribution >= 0.6 is 0 Å². The van der Waals surface area contributed by atoms with Gasteiger partial charge in [0, 0.05) is 11.7 Å². The minimum atomic E-state index is -0.658. The van der Waals surface area contributed by atoms with Crippen molar-refractivity contribution in [2.75, 3.05) is 5.32 Å². The molecule has 0 aliphatic carbocycles. The van der Waals surface area contributed by atoms with Crippen LogP contribution in [-0.2, 0) is 0 Å². The number of nitrogens with one attached hydrogen (secondary N) is 2. The maximum Gasteiger partial charge on any atom is 0.254 e. The first-order valence-electron chi connectivity index (χ1n) is 6.43. The van der Waals surface area contributed by atoms with Crippen LogP contribution < -0.4 is 10.6 Å². The Morgan fingerprint density at radius 3 is 2.53 bits per heavy atom. The van der Waals surface area contributed by atoms with Crippen LogP contribution in [0.25, 0.3) is 0 Å². The molecule has 0 atom stereocenters. The minimum Gasteiger partial charge on any atom is -0.382 e. The molecule has 0 saturated carbocycles. The fraction of sp³-hybridized carbons (Fsp3) is 0.438. The first-order chi connectivity index (χ1) is 8.76. The summed E-state index contributed by atoms with van der Waals surface area (Å²) in [6, 6.07) is 6.02. The fourth-order valence-corrected chi connectivity index (χ4v) is 1.78. The molecule has 0 aliphatic heterocycles. The van der Waals surface area contributed by atoms with Gasteiger partial charge in [0.15, 0.2) is 0 Å². The predicted octanol–water partition coefficient (Wildman–Crippen LogP) is 2.96. The highest BCUT2D eigenvalue weighted by atomic mass is 16.1. The number of terminal acetylenes is 1. The Labute approximate surface area is 115 Å². The number of carbonyl (C=O) groups excluding carboxylic acids is 1. The van der Waals surface area contributed by atoms with Crippen molar-refractivity contribution >= 4 is 11.6 Å². The number of carbonyl (C=O) groups is 1. The molecule has 0 fully saturated rings. The van der Waals surface area contributed by atoms with Crippen LogP contribution in [0, 0.1) is 19.3 Å². The van der Waals surface area contributed by atoms with Crippen LogP contribution in [0.5, 0.6) is 0 Å². The number of rotatable bonds is 4. The lowest BCUT2D eigenvalue weighted by Gasteiger charge is -2.22. The van der Waals surface area contributed by atoms with Crippen molar-refractivity contribution in [1.29, 1.82) is 0 Å². The van der Waals surface area contributed by atoms with Crippen LogP contribution in [-0.4, -0.2) is 17.5 Å². The summed E-state index contributed by atoms with van der Waals surface area (Å²) >= 11 is 0. The summed E-state index contributed by atoms with van der Waals surface area (Å²) in [4.78, 5) is 12.4. The largest absolute Gasteiger partial charge is 0.382 e. The number of benzene rings is 1. The molecule has 0 heterocycles. The van der Waals surface area contributed by atoms with Gasteiger partial charge in [-0.15, -0.1) is 6.42 Å². The average Bonchev–Trinajstić information content (AvgIpc) is 2.27. The van der Waals surface area contributed by atoms with Gasteiger partial charge in [-0.3, -0.25) is 4.79 Å². The van der Waals surface area contributed by atoms with Gasteiger partial charge in [0.25, 0.3) is 5.91 Å². The third-order valence-electron chi connectivity index (χ3n) is 2.73. The molecule has 1 amide bonds. The number of hydrogen-bond acceptors (Lipinski definition) is 2. The third kappa shape index (κ3) is 4.03. The molecule has 1 aromatic carbocycles. The highest BCUT2D eigenvalue weighted by molar-refractivity contribution is 6.01. The molecule has 2 N–H and O–H groups in total. The molecular formula is C16H22N2O. The van der Waals surface area contributed by atoms with Crippen molar-refractivity contribution in [3.63, 3.8) is 0 Å². The predicted molar refractivity (Wildman–Crippen MR) is 80.3 cm³/mol. The smallest absolute Gasteiger partial charge is 0.254 e. The summed E-state index contributed by atoms with van der Waals surface area (Å²) in [5.74, 6) is 2.42. The molecule has 0 bridgehead atoms. The van der Waals surface area contributed by atoms with Crippen LogP contribution in [0.3, 0.4) is 0 Å². The summed E-state index contributed by atoms with van der Waals surface area (Å²) in [6.07, 6.45) is 5.41. The normalized spacial score (nSPS) is 11.0. The Kier molecular flexibility index (Phi) is 4.61. The second-order valence-corrected chi connectivity index (χ2v) is 5.52. The molecule has 0 spiro atoms. The van der Waals surface area contributed by atoms with Crippen molar-refractivity contribution in [2.45, 2.75) is 46.2 Å². The maximum atomic E-state index is 12.4. The van der Waals surface area contributed by atoms with Crippen LogP contribution in [0.2, 0.25) is 0 Å². The zero-order valence-electron chi connectivity index (χ0n) is 12.3. The molecule has 0 saturated heterocycles. The molecule has 1 rings (SSSR count). The number of aryl methyl sites for hydroxylation is 1. The molecular weight excluding hydrogens is 236 g/mol. The Hall–Kier alpha value is -1.95. The van der Waals surface area contributed by atoms with E-state index in [-0.39, 0.29) is 11.9 Å². The van der Waals surface area contributed by atoms with Crippen LogP contribution in [0.15, 0.2) is 18.2 Å². The zero-order valence-corrected chi connectivity index (χ0v) is 12.3. The van der Waals surface area contributed by atoms with Gasteiger partial charge in [0.2, 0.25) is 0 Å². The first-order valence-corrected chi connectivity index (χ1v) is 6.43. The lowest BCUT2D eigenvalue weighted by Crippen LogP contribution is -2.42. The minimum absolute atomic E-state index is 0.149. The highest BCUT2D eigenvalue weighted by Crippen LogP contribution is 2.21. The highest BCUT2D eigenvalue weighted by Gasteiger charge is 2.21. The van der Waals surface area contributed by atoms with Crippen LogP contribution in [0.4, 0.5) is 5.69 Å². The SMILES string of the molecule is C#CC(C)(C)NC(=O)c1c(C)cccc1NC(C)C. The van der Waals surface area contributed by atoms with Crippen molar-refractivity contribution in [3.8, 4) is 12.3 Å². The van der Waals surface area contributed by atoms with E-state index in [0.29, 0.717) is 5.56 Å². The quantitative estimate of drug-likeness (QED) is 0.815. The van der Waals surface area contributed by atoms with Gasteiger partial charge in [-0.05, 0) is 46.2 Å². The van der Waals surface area contributed by atoms with Crippen molar-refractivity contribution in [3.05, 3.63) is 29.3 Å². The van der Waals surface area contributed by atoms with Gasteiger partial charge >= 0.3 is 0 Å². The summed E-state index contributed by atoms with van der Waals surface area (Å²) in [5, 5.41) is 6.15. The third-order valence-corrected chi connectivity index (χ3v) is 2.73. The Bertz CT molecular complexity index is 510. The monoisotopic (exact) mass is 258 g/mol. The molecule has 19 heavy (non-hydrogen) atoms. The standard InChI is InChI=1S/C16H22N2O/c1-7-16(5,6)18-15(19)14-12(4)9-8-10-13(14)17-11(2)3/h1,8-11,17H,2-6H3,(H,18,19). The molecule has 0 unspecified atom stereocenters. The average molecular weight is 258 g/mol. The van der Waals surface area contributed by atoms with Gasteiger partial charge in [-0.25, -0.2) is 0 Å². The van der Waals surface area contributed by atoms with Crippen molar-refractivity contribution in [1.82, 2.24) is 5.32 Å². The fourth-order valence-electron chi connectivity index (χ4n) is 1.78. The van der Waals surface area contributed by atoms with E-state index in [1.54, 1.807) is 13.8 Å². The van der Waals surface area contributed by atoms with Gasteiger partial charge in [-0.2, -0.15) is 0 Å². The Morgan fingerprint density at radius 2 is 2.00 bits per heavy atom. The second-order valence-electron chi connectivity index (χ2n) is 5.52. The second kappa shape index (κ2) is 5.79. The molecule has 1 aromatic rings. The molecule has 3 heteroatoms. The number of amides is 1. The lowest BCUT2D eigenvalue weighted by atomic mass is 10.0. The van der Waals surface area contributed by atoms with Gasteiger partial charge in [0.1, 0.15) is 0 Å². The van der Waals surface area contributed by atoms with E-state index in [0.717, 1.165) is 11.3 Å². The van der Waals surface area contributed by atoms with E-state index in [2.05, 4.69) is 16.6 Å². The van der Waals surface area contributed by atoms with E-state index in [4.69, 9.17) is 6.42 Å². The summed E-state index contributed by atoms with van der Waals surface area (Å²) in [5.41, 5.74) is 1.75. The molecule has 0 radical (unpaired) electrons. The van der Waals surface area contributed by atoms with Crippen molar-refractivity contribution in [2.24, 2.45) is 0 Å². The summed E-state index contributed by atoms with van der Waals surface area (Å²) in [6.45, 7) is 9.60. The van der Waals surface area contributed by atoms with E-state index in [1.807, 2.05) is 39.0 Å².